The Labute approximate surface area is 141 Å². The molecule has 0 atom stereocenters. The van der Waals surface area contributed by atoms with Crippen molar-refractivity contribution < 1.29 is 17.9 Å². The molecule has 0 aliphatic rings. The van der Waals surface area contributed by atoms with E-state index in [-0.39, 0.29) is 16.2 Å². The van der Waals surface area contributed by atoms with E-state index in [1.54, 1.807) is 44.2 Å². The van der Waals surface area contributed by atoms with Gasteiger partial charge >= 0.3 is 5.97 Å². The van der Waals surface area contributed by atoms with Gasteiger partial charge in [0.15, 0.2) is 9.84 Å². The molecular weight excluding hydrogens is 336 g/mol. The summed E-state index contributed by atoms with van der Waals surface area (Å²) >= 11 is 5.87. The number of benzene rings is 2. The Morgan fingerprint density at radius 3 is 2.52 bits per heavy atom. The zero-order valence-electron chi connectivity index (χ0n) is 12.9. The van der Waals surface area contributed by atoms with E-state index >= 15 is 0 Å². The number of aryl methyl sites for hydroxylation is 1. The molecular formula is C17H17ClO4S. The van der Waals surface area contributed by atoms with E-state index in [2.05, 4.69) is 0 Å². The molecule has 122 valence electrons. The quantitative estimate of drug-likeness (QED) is 0.601. The fourth-order valence-electron chi connectivity index (χ4n) is 2.17. The first-order valence-corrected chi connectivity index (χ1v) is 9.18. The fraction of sp³-hybridized carbons (Fsp3) is 0.235. The third kappa shape index (κ3) is 4.12. The Morgan fingerprint density at radius 2 is 1.87 bits per heavy atom. The highest BCUT2D eigenvalue weighted by Crippen LogP contribution is 2.24. The van der Waals surface area contributed by atoms with Crippen LogP contribution in [0.5, 0.6) is 5.75 Å². The maximum atomic E-state index is 12.4. The number of carbonyl (C=O) groups excluding carboxylic acids is 1. The molecule has 0 N–H and O–H groups in total. The standard InChI is InChI=1S/C17H17ClO4S/c1-3-10-23(20,21)16-7-5-4-6-14(16)17(19)22-15-9-8-13(18)11-12(15)2/h4-9,11H,3,10H2,1-2H3. The Morgan fingerprint density at radius 1 is 1.17 bits per heavy atom. The van der Waals surface area contributed by atoms with Crippen molar-refractivity contribution in [1.82, 2.24) is 0 Å². The molecule has 2 aromatic carbocycles. The van der Waals surface area contributed by atoms with Crippen LogP contribution in [-0.4, -0.2) is 20.1 Å². The van der Waals surface area contributed by atoms with Gasteiger partial charge in [-0.05, 0) is 49.2 Å². The Kier molecular flexibility index (Phi) is 5.44. The van der Waals surface area contributed by atoms with Crippen molar-refractivity contribution in [1.29, 1.82) is 0 Å². The molecule has 0 aromatic heterocycles. The molecule has 0 saturated heterocycles. The van der Waals surface area contributed by atoms with Gasteiger partial charge in [-0.25, -0.2) is 13.2 Å². The first-order chi connectivity index (χ1) is 10.8. The van der Waals surface area contributed by atoms with Crippen molar-refractivity contribution >= 4 is 27.4 Å². The molecule has 23 heavy (non-hydrogen) atoms. The molecule has 0 radical (unpaired) electrons. The van der Waals surface area contributed by atoms with Crippen LogP contribution in [0, 0.1) is 6.92 Å². The van der Waals surface area contributed by atoms with Crippen molar-refractivity contribution in [3.63, 3.8) is 0 Å². The van der Waals surface area contributed by atoms with Gasteiger partial charge in [0.1, 0.15) is 5.75 Å². The monoisotopic (exact) mass is 352 g/mol. The van der Waals surface area contributed by atoms with Crippen LogP contribution >= 0.6 is 11.6 Å². The fourth-order valence-corrected chi connectivity index (χ4v) is 3.92. The smallest absolute Gasteiger partial charge is 0.344 e. The average molecular weight is 353 g/mol. The summed E-state index contributed by atoms with van der Waals surface area (Å²) < 4.78 is 29.9. The molecule has 2 aromatic rings. The van der Waals surface area contributed by atoms with Crippen molar-refractivity contribution in [3.8, 4) is 5.75 Å². The summed E-state index contributed by atoms with van der Waals surface area (Å²) in [6.45, 7) is 3.53. The van der Waals surface area contributed by atoms with Gasteiger partial charge < -0.3 is 4.74 Å². The van der Waals surface area contributed by atoms with E-state index in [0.29, 0.717) is 22.8 Å². The summed E-state index contributed by atoms with van der Waals surface area (Å²) in [7, 11) is -3.52. The lowest BCUT2D eigenvalue weighted by Crippen LogP contribution is -2.16. The second-order valence-corrected chi connectivity index (χ2v) is 7.63. The summed E-state index contributed by atoms with van der Waals surface area (Å²) in [6, 6.07) is 10.9. The normalized spacial score (nSPS) is 11.3. The van der Waals surface area contributed by atoms with Crippen molar-refractivity contribution in [2.75, 3.05) is 5.75 Å². The molecule has 2 rings (SSSR count). The van der Waals surface area contributed by atoms with Gasteiger partial charge in [-0.2, -0.15) is 0 Å². The topological polar surface area (TPSA) is 60.4 Å². The maximum Gasteiger partial charge on any atom is 0.344 e. The van der Waals surface area contributed by atoms with Gasteiger partial charge in [-0.3, -0.25) is 0 Å². The number of halogens is 1. The minimum atomic E-state index is -3.52. The Hall–Kier alpha value is -1.85. The summed E-state index contributed by atoms with van der Waals surface area (Å²) in [6.07, 6.45) is 0.474. The molecule has 0 heterocycles. The van der Waals surface area contributed by atoms with Crippen molar-refractivity contribution in [2.24, 2.45) is 0 Å². The number of hydrogen-bond donors (Lipinski definition) is 0. The van der Waals surface area contributed by atoms with Crippen LogP contribution in [0.3, 0.4) is 0 Å². The number of carbonyl (C=O) groups is 1. The van der Waals surface area contributed by atoms with E-state index in [1.165, 1.54) is 12.1 Å². The van der Waals surface area contributed by atoms with Crippen LogP contribution in [0.1, 0.15) is 29.3 Å². The SMILES string of the molecule is CCCS(=O)(=O)c1ccccc1C(=O)Oc1ccc(Cl)cc1C. The van der Waals surface area contributed by atoms with E-state index < -0.39 is 15.8 Å². The second kappa shape index (κ2) is 7.15. The number of sulfone groups is 1. The van der Waals surface area contributed by atoms with E-state index in [0.717, 1.165) is 0 Å². The number of rotatable bonds is 5. The van der Waals surface area contributed by atoms with Gasteiger partial charge in [-0.1, -0.05) is 30.7 Å². The van der Waals surface area contributed by atoms with Crippen LogP contribution in [0.4, 0.5) is 0 Å². The average Bonchev–Trinajstić information content (AvgIpc) is 2.50. The Balaban J connectivity index is 2.37. The summed E-state index contributed by atoms with van der Waals surface area (Å²) in [5.41, 5.74) is 0.732. The molecule has 4 nitrogen and oxygen atoms in total. The molecule has 0 amide bonds. The van der Waals surface area contributed by atoms with Gasteiger partial charge in [0.25, 0.3) is 0 Å². The molecule has 0 aliphatic carbocycles. The lowest BCUT2D eigenvalue weighted by Gasteiger charge is -2.11. The first kappa shape index (κ1) is 17.5. The minimum absolute atomic E-state index is 0.00142. The van der Waals surface area contributed by atoms with Crippen LogP contribution in [-0.2, 0) is 9.84 Å². The zero-order valence-corrected chi connectivity index (χ0v) is 14.4. The maximum absolute atomic E-state index is 12.4. The lowest BCUT2D eigenvalue weighted by atomic mass is 10.2. The zero-order chi connectivity index (χ0) is 17.0. The van der Waals surface area contributed by atoms with Gasteiger partial charge in [0.2, 0.25) is 0 Å². The van der Waals surface area contributed by atoms with Gasteiger partial charge in [0, 0.05) is 5.02 Å². The predicted molar refractivity (Wildman–Crippen MR) is 89.9 cm³/mol. The van der Waals surface area contributed by atoms with Crippen LogP contribution in [0.2, 0.25) is 5.02 Å². The van der Waals surface area contributed by atoms with E-state index in [4.69, 9.17) is 16.3 Å². The highest BCUT2D eigenvalue weighted by molar-refractivity contribution is 7.91. The largest absolute Gasteiger partial charge is 0.423 e. The van der Waals surface area contributed by atoms with Crippen LogP contribution < -0.4 is 4.74 Å². The number of ether oxygens (including phenoxy) is 1. The molecule has 0 bridgehead atoms. The summed E-state index contributed by atoms with van der Waals surface area (Å²) in [4.78, 5) is 12.4. The van der Waals surface area contributed by atoms with Gasteiger partial charge in [-0.15, -0.1) is 0 Å². The summed E-state index contributed by atoms with van der Waals surface area (Å²) in [5, 5.41) is 0.535. The Bertz CT molecular complexity index is 828. The van der Waals surface area contributed by atoms with Crippen molar-refractivity contribution in [2.45, 2.75) is 25.2 Å². The van der Waals surface area contributed by atoms with E-state index in [1.807, 2.05) is 0 Å². The minimum Gasteiger partial charge on any atom is -0.423 e. The van der Waals surface area contributed by atoms with Crippen LogP contribution in [0.25, 0.3) is 0 Å². The second-order valence-electron chi connectivity index (χ2n) is 5.11. The molecule has 0 unspecified atom stereocenters. The molecule has 0 aliphatic heterocycles. The van der Waals surface area contributed by atoms with Gasteiger partial charge in [0.05, 0.1) is 16.2 Å². The van der Waals surface area contributed by atoms with Crippen molar-refractivity contribution in [3.05, 3.63) is 58.6 Å². The molecule has 0 spiro atoms. The first-order valence-electron chi connectivity index (χ1n) is 7.15. The summed E-state index contributed by atoms with van der Waals surface area (Å²) in [5.74, 6) is -0.370. The highest BCUT2D eigenvalue weighted by atomic mass is 35.5. The lowest BCUT2D eigenvalue weighted by molar-refractivity contribution is 0.0729. The predicted octanol–water partition coefficient (Wildman–Crippen LogP) is 4.05. The van der Waals surface area contributed by atoms with E-state index in [9.17, 15) is 13.2 Å². The third-order valence-electron chi connectivity index (χ3n) is 3.25. The molecule has 0 fully saturated rings. The molecule has 0 saturated carbocycles. The number of hydrogen-bond acceptors (Lipinski definition) is 4. The molecule has 6 heteroatoms. The highest BCUT2D eigenvalue weighted by Gasteiger charge is 2.23. The third-order valence-corrected chi connectivity index (χ3v) is 5.46. The van der Waals surface area contributed by atoms with Crippen LogP contribution in [0.15, 0.2) is 47.4 Å². The number of esters is 1.